The SMILES string of the molecule is C/C=C/C1CC=C(c2ccc(CCc3ccc(-c4ccc(OCC)c(F)c4F)cc3)c(F)c2F)CC1. The summed E-state index contributed by atoms with van der Waals surface area (Å²) in [6, 6.07) is 13.2. The zero-order valence-corrected chi connectivity index (χ0v) is 20.6. The van der Waals surface area contributed by atoms with Crippen LogP contribution in [0.2, 0.25) is 0 Å². The molecule has 188 valence electrons. The van der Waals surface area contributed by atoms with Gasteiger partial charge >= 0.3 is 0 Å². The molecule has 1 aliphatic carbocycles. The number of aryl methyl sites for hydroxylation is 2. The Balaban J connectivity index is 1.44. The zero-order chi connectivity index (χ0) is 25.7. The van der Waals surface area contributed by atoms with E-state index >= 15 is 0 Å². The van der Waals surface area contributed by atoms with E-state index in [0.29, 0.717) is 35.4 Å². The van der Waals surface area contributed by atoms with Gasteiger partial charge in [0.1, 0.15) is 0 Å². The number of ether oxygens (including phenoxy) is 1. The average Bonchev–Trinajstić information content (AvgIpc) is 2.89. The van der Waals surface area contributed by atoms with Gasteiger partial charge in [-0.1, -0.05) is 54.6 Å². The molecule has 0 spiro atoms. The molecule has 0 radical (unpaired) electrons. The lowest BCUT2D eigenvalue weighted by Gasteiger charge is -2.20. The van der Waals surface area contributed by atoms with Gasteiger partial charge in [-0.15, -0.1) is 0 Å². The molecule has 4 rings (SSSR count). The molecule has 3 aromatic rings. The highest BCUT2D eigenvalue weighted by molar-refractivity contribution is 5.67. The van der Waals surface area contributed by atoms with Crippen molar-refractivity contribution in [2.24, 2.45) is 5.92 Å². The van der Waals surface area contributed by atoms with Crippen molar-refractivity contribution in [3.8, 4) is 16.9 Å². The Morgan fingerprint density at radius 2 is 1.56 bits per heavy atom. The first-order valence-corrected chi connectivity index (χ1v) is 12.4. The highest BCUT2D eigenvalue weighted by Gasteiger charge is 2.20. The molecule has 0 saturated carbocycles. The van der Waals surface area contributed by atoms with Crippen molar-refractivity contribution in [2.75, 3.05) is 6.61 Å². The molecule has 0 heterocycles. The Hall–Kier alpha value is -3.34. The van der Waals surface area contributed by atoms with Crippen LogP contribution in [0.4, 0.5) is 17.6 Å². The third-order valence-electron chi connectivity index (χ3n) is 6.72. The molecule has 1 atom stereocenters. The number of hydrogen-bond acceptors (Lipinski definition) is 1. The Labute approximate surface area is 210 Å². The van der Waals surface area contributed by atoms with Crippen molar-refractivity contribution in [3.05, 3.63) is 107 Å². The minimum Gasteiger partial charge on any atom is -0.491 e. The molecule has 0 saturated heterocycles. The maximum atomic E-state index is 14.9. The maximum Gasteiger partial charge on any atom is 0.201 e. The van der Waals surface area contributed by atoms with Gasteiger partial charge in [0.2, 0.25) is 5.82 Å². The zero-order valence-electron chi connectivity index (χ0n) is 20.6. The Bertz CT molecular complexity index is 1270. The molecular formula is C31H30F4O. The number of halogens is 4. The molecule has 1 aliphatic rings. The molecule has 3 aromatic carbocycles. The van der Waals surface area contributed by atoms with Crippen LogP contribution < -0.4 is 4.74 Å². The van der Waals surface area contributed by atoms with Crippen LogP contribution in [0.5, 0.6) is 5.75 Å². The first-order chi connectivity index (χ1) is 17.4. The first-order valence-electron chi connectivity index (χ1n) is 12.4. The fourth-order valence-corrected chi connectivity index (χ4v) is 4.73. The maximum absolute atomic E-state index is 14.9. The smallest absolute Gasteiger partial charge is 0.201 e. The predicted molar refractivity (Wildman–Crippen MR) is 137 cm³/mol. The minimum absolute atomic E-state index is 0.117. The monoisotopic (exact) mass is 494 g/mol. The van der Waals surface area contributed by atoms with Crippen molar-refractivity contribution in [2.45, 2.75) is 46.0 Å². The van der Waals surface area contributed by atoms with Crippen LogP contribution in [0.3, 0.4) is 0 Å². The lowest BCUT2D eigenvalue weighted by Crippen LogP contribution is -2.06. The second-order valence-corrected chi connectivity index (χ2v) is 9.06. The lowest BCUT2D eigenvalue weighted by atomic mass is 9.86. The molecule has 0 bridgehead atoms. The van der Waals surface area contributed by atoms with E-state index in [4.69, 9.17) is 4.74 Å². The summed E-state index contributed by atoms with van der Waals surface area (Å²) in [5.74, 6) is -3.22. The van der Waals surface area contributed by atoms with E-state index in [2.05, 4.69) is 6.08 Å². The van der Waals surface area contributed by atoms with E-state index in [0.717, 1.165) is 30.4 Å². The number of allylic oxidation sites excluding steroid dienone is 4. The molecule has 0 amide bonds. The summed E-state index contributed by atoms with van der Waals surface area (Å²) in [5.41, 5.74) is 3.09. The van der Waals surface area contributed by atoms with E-state index in [-0.39, 0.29) is 17.9 Å². The summed E-state index contributed by atoms with van der Waals surface area (Å²) in [6.07, 6.45) is 9.54. The molecule has 0 aliphatic heterocycles. The van der Waals surface area contributed by atoms with Crippen molar-refractivity contribution in [1.29, 1.82) is 0 Å². The van der Waals surface area contributed by atoms with Gasteiger partial charge in [-0.05, 0) is 86.3 Å². The van der Waals surface area contributed by atoms with Crippen LogP contribution in [-0.2, 0) is 12.8 Å². The molecule has 36 heavy (non-hydrogen) atoms. The quantitative estimate of drug-likeness (QED) is 0.224. The van der Waals surface area contributed by atoms with Gasteiger partial charge in [0, 0.05) is 11.1 Å². The van der Waals surface area contributed by atoms with E-state index < -0.39 is 23.3 Å². The Morgan fingerprint density at radius 1 is 0.833 bits per heavy atom. The summed E-state index contributed by atoms with van der Waals surface area (Å²) in [7, 11) is 0. The average molecular weight is 495 g/mol. The van der Waals surface area contributed by atoms with Gasteiger partial charge < -0.3 is 4.74 Å². The van der Waals surface area contributed by atoms with Gasteiger partial charge in [0.15, 0.2) is 23.2 Å². The van der Waals surface area contributed by atoms with Crippen molar-refractivity contribution < 1.29 is 22.3 Å². The van der Waals surface area contributed by atoms with Gasteiger partial charge in [-0.3, -0.25) is 0 Å². The summed E-state index contributed by atoms with van der Waals surface area (Å²) < 4.78 is 63.6. The molecule has 5 heteroatoms. The third kappa shape index (κ3) is 5.56. The van der Waals surface area contributed by atoms with E-state index in [9.17, 15) is 17.6 Å². The second kappa shape index (κ2) is 11.6. The topological polar surface area (TPSA) is 9.23 Å². The van der Waals surface area contributed by atoms with Crippen molar-refractivity contribution in [3.63, 3.8) is 0 Å². The highest BCUT2D eigenvalue weighted by atomic mass is 19.2. The predicted octanol–water partition coefficient (Wildman–Crippen LogP) is 8.85. The summed E-state index contributed by atoms with van der Waals surface area (Å²) in [5, 5.41) is 0. The highest BCUT2D eigenvalue weighted by Crippen LogP contribution is 2.34. The molecule has 0 fully saturated rings. The second-order valence-electron chi connectivity index (χ2n) is 9.06. The van der Waals surface area contributed by atoms with Crippen LogP contribution >= 0.6 is 0 Å². The largest absolute Gasteiger partial charge is 0.491 e. The van der Waals surface area contributed by atoms with Crippen molar-refractivity contribution >= 4 is 5.57 Å². The first kappa shape index (κ1) is 25.7. The lowest BCUT2D eigenvalue weighted by molar-refractivity contribution is 0.314. The van der Waals surface area contributed by atoms with Crippen LogP contribution in [0.1, 0.15) is 49.8 Å². The van der Waals surface area contributed by atoms with Gasteiger partial charge in [0.05, 0.1) is 6.61 Å². The van der Waals surface area contributed by atoms with E-state index in [1.54, 1.807) is 43.3 Å². The third-order valence-corrected chi connectivity index (χ3v) is 6.72. The van der Waals surface area contributed by atoms with Gasteiger partial charge in [0.25, 0.3) is 0 Å². The van der Waals surface area contributed by atoms with Crippen LogP contribution in [0.25, 0.3) is 16.7 Å². The van der Waals surface area contributed by atoms with E-state index in [1.165, 1.54) is 12.1 Å². The van der Waals surface area contributed by atoms with E-state index in [1.807, 2.05) is 19.1 Å². The van der Waals surface area contributed by atoms with Crippen LogP contribution in [0, 0.1) is 29.2 Å². The summed E-state index contributed by atoms with van der Waals surface area (Å²) in [4.78, 5) is 0. The number of rotatable bonds is 8. The Kier molecular flexibility index (Phi) is 8.29. The molecule has 0 aromatic heterocycles. The molecular weight excluding hydrogens is 464 g/mol. The fraction of sp³-hybridized carbons (Fsp3) is 0.290. The Morgan fingerprint density at radius 3 is 2.22 bits per heavy atom. The van der Waals surface area contributed by atoms with Crippen LogP contribution in [0.15, 0.2) is 66.8 Å². The van der Waals surface area contributed by atoms with Gasteiger partial charge in [-0.25, -0.2) is 13.2 Å². The minimum atomic E-state index is -1.01. The molecule has 1 nitrogen and oxygen atoms in total. The fourth-order valence-electron chi connectivity index (χ4n) is 4.73. The summed E-state index contributed by atoms with van der Waals surface area (Å²) >= 11 is 0. The number of hydrogen-bond donors (Lipinski definition) is 0. The van der Waals surface area contributed by atoms with Crippen molar-refractivity contribution in [1.82, 2.24) is 0 Å². The molecule has 0 N–H and O–H groups in total. The van der Waals surface area contributed by atoms with Gasteiger partial charge in [-0.2, -0.15) is 4.39 Å². The number of benzene rings is 3. The molecule has 1 unspecified atom stereocenters. The normalized spacial score (nSPS) is 15.8. The van der Waals surface area contributed by atoms with Crippen LogP contribution in [-0.4, -0.2) is 6.61 Å². The standard InChI is InChI=1S/C31H30F4O/c1-3-5-20-6-11-22(12-7-20)25-17-16-24(28(32)29(25)33)15-10-21-8-13-23(14-9-21)26-18-19-27(36-4-2)31(35)30(26)34/h3,5,8-9,11,13-14,16-20H,4,6-7,10,12,15H2,1-2H3/b5-3+. The summed E-state index contributed by atoms with van der Waals surface area (Å²) in [6.45, 7) is 3.93.